The molecule has 32 heavy (non-hydrogen) atoms. The minimum Gasteiger partial charge on any atom is -0.486 e. The SMILES string of the molecule is COC(=O)Cn1c(=NC(=O)c2cc(=O)c3ccccc3o2)sc2cc3c(cc21)OCCO3. The smallest absolute Gasteiger partial charge is 0.325 e. The number of hydrogen-bond donors (Lipinski definition) is 0. The van der Waals surface area contributed by atoms with Crippen LogP contribution in [-0.4, -0.2) is 36.8 Å². The molecule has 0 atom stereocenters. The Morgan fingerprint density at radius 1 is 1.12 bits per heavy atom. The van der Waals surface area contributed by atoms with Crippen LogP contribution in [0.2, 0.25) is 0 Å². The molecule has 3 heterocycles. The number of hydrogen-bond acceptors (Lipinski definition) is 8. The fourth-order valence-corrected chi connectivity index (χ4v) is 4.43. The van der Waals surface area contributed by atoms with Crippen LogP contribution in [0.3, 0.4) is 0 Å². The molecule has 1 aliphatic rings. The van der Waals surface area contributed by atoms with E-state index in [0.717, 1.165) is 10.8 Å². The predicted molar refractivity (Wildman–Crippen MR) is 115 cm³/mol. The number of methoxy groups -OCH3 is 1. The van der Waals surface area contributed by atoms with Crippen LogP contribution in [-0.2, 0) is 16.1 Å². The van der Waals surface area contributed by atoms with Crippen molar-refractivity contribution in [2.24, 2.45) is 4.99 Å². The Bertz CT molecular complexity index is 1510. The number of thiazole rings is 1. The first-order chi connectivity index (χ1) is 15.5. The van der Waals surface area contributed by atoms with Crippen molar-refractivity contribution in [3.8, 4) is 11.5 Å². The van der Waals surface area contributed by atoms with E-state index in [1.807, 2.05) is 0 Å². The summed E-state index contributed by atoms with van der Waals surface area (Å²) in [6, 6.07) is 11.3. The zero-order valence-electron chi connectivity index (χ0n) is 16.8. The topological polar surface area (TPSA) is 109 Å². The van der Waals surface area contributed by atoms with Gasteiger partial charge in [-0.05, 0) is 12.1 Å². The maximum Gasteiger partial charge on any atom is 0.325 e. The van der Waals surface area contributed by atoms with Gasteiger partial charge in [-0.3, -0.25) is 14.4 Å². The minimum absolute atomic E-state index is 0.163. The van der Waals surface area contributed by atoms with Gasteiger partial charge in [0.1, 0.15) is 25.3 Å². The molecule has 0 bridgehead atoms. The molecule has 0 unspecified atom stereocenters. The number of amides is 1. The lowest BCUT2D eigenvalue weighted by atomic mass is 10.2. The van der Waals surface area contributed by atoms with Gasteiger partial charge < -0.3 is 23.2 Å². The second-order valence-electron chi connectivity index (χ2n) is 6.90. The number of carbonyl (C=O) groups is 2. The number of ether oxygens (including phenoxy) is 3. The van der Waals surface area contributed by atoms with E-state index in [9.17, 15) is 14.4 Å². The zero-order chi connectivity index (χ0) is 22.2. The molecule has 5 rings (SSSR count). The van der Waals surface area contributed by atoms with Crippen molar-refractivity contribution < 1.29 is 28.2 Å². The maximum atomic E-state index is 12.9. The van der Waals surface area contributed by atoms with Crippen LogP contribution in [0, 0.1) is 0 Å². The fourth-order valence-electron chi connectivity index (χ4n) is 3.39. The molecule has 0 saturated heterocycles. The molecule has 10 heteroatoms. The lowest BCUT2D eigenvalue weighted by molar-refractivity contribution is -0.141. The molecule has 0 spiro atoms. The number of carbonyl (C=O) groups excluding carboxylic acids is 2. The van der Waals surface area contributed by atoms with Crippen LogP contribution < -0.4 is 19.7 Å². The Hall–Kier alpha value is -3.92. The molecule has 0 radical (unpaired) electrons. The maximum absolute atomic E-state index is 12.9. The molecule has 4 aromatic rings. The summed E-state index contributed by atoms with van der Waals surface area (Å²) in [6.45, 7) is 0.684. The van der Waals surface area contributed by atoms with Gasteiger partial charge in [-0.15, -0.1) is 0 Å². The summed E-state index contributed by atoms with van der Waals surface area (Å²) in [7, 11) is 1.28. The van der Waals surface area contributed by atoms with Crippen LogP contribution in [0.25, 0.3) is 21.2 Å². The highest BCUT2D eigenvalue weighted by molar-refractivity contribution is 7.16. The average molecular weight is 452 g/mol. The molecule has 9 nitrogen and oxygen atoms in total. The molecule has 162 valence electrons. The third kappa shape index (κ3) is 3.54. The lowest BCUT2D eigenvalue weighted by Crippen LogP contribution is -2.22. The van der Waals surface area contributed by atoms with E-state index in [0.29, 0.717) is 41.2 Å². The summed E-state index contributed by atoms with van der Waals surface area (Å²) in [5.74, 6) is -0.324. The minimum atomic E-state index is -0.740. The quantitative estimate of drug-likeness (QED) is 0.439. The molecule has 2 aromatic heterocycles. The van der Waals surface area contributed by atoms with Crippen molar-refractivity contribution in [2.75, 3.05) is 20.3 Å². The Morgan fingerprint density at radius 2 is 1.88 bits per heavy atom. The number of fused-ring (bicyclic) bond motifs is 3. The Labute approximate surface area is 184 Å². The molecule has 0 N–H and O–H groups in total. The van der Waals surface area contributed by atoms with Crippen LogP contribution in [0.1, 0.15) is 10.6 Å². The van der Waals surface area contributed by atoms with Gasteiger partial charge in [0.05, 0.1) is 22.7 Å². The number of para-hydroxylation sites is 1. The molecule has 0 aliphatic carbocycles. The highest BCUT2D eigenvalue weighted by Gasteiger charge is 2.19. The number of aromatic nitrogens is 1. The Balaban J connectivity index is 1.66. The van der Waals surface area contributed by atoms with Crippen molar-refractivity contribution >= 4 is 44.4 Å². The van der Waals surface area contributed by atoms with Crippen LogP contribution >= 0.6 is 11.3 Å². The van der Waals surface area contributed by atoms with Crippen molar-refractivity contribution in [1.82, 2.24) is 4.57 Å². The molecule has 2 aromatic carbocycles. The van der Waals surface area contributed by atoms with Gasteiger partial charge in [0.2, 0.25) is 0 Å². The predicted octanol–water partition coefficient (Wildman–Crippen LogP) is 2.49. The highest BCUT2D eigenvalue weighted by Crippen LogP contribution is 2.35. The second-order valence-corrected chi connectivity index (χ2v) is 7.91. The molecule has 1 aliphatic heterocycles. The fraction of sp³-hybridized carbons (Fsp3) is 0.182. The van der Waals surface area contributed by atoms with Gasteiger partial charge in [-0.2, -0.15) is 4.99 Å². The third-order valence-electron chi connectivity index (χ3n) is 4.90. The van der Waals surface area contributed by atoms with Gasteiger partial charge in [0.25, 0.3) is 0 Å². The molecular weight excluding hydrogens is 436 g/mol. The van der Waals surface area contributed by atoms with Gasteiger partial charge in [-0.25, -0.2) is 0 Å². The highest BCUT2D eigenvalue weighted by atomic mass is 32.1. The van der Waals surface area contributed by atoms with E-state index in [-0.39, 0.29) is 22.5 Å². The van der Waals surface area contributed by atoms with Crippen LogP contribution in [0.4, 0.5) is 0 Å². The van der Waals surface area contributed by atoms with E-state index in [2.05, 4.69) is 4.99 Å². The van der Waals surface area contributed by atoms with E-state index >= 15 is 0 Å². The number of esters is 1. The third-order valence-corrected chi connectivity index (χ3v) is 5.95. The first-order valence-electron chi connectivity index (χ1n) is 9.65. The largest absolute Gasteiger partial charge is 0.486 e. The number of nitrogens with zero attached hydrogens (tertiary/aromatic N) is 2. The summed E-state index contributed by atoms with van der Waals surface area (Å²) < 4.78 is 23.9. The second kappa shape index (κ2) is 7.97. The van der Waals surface area contributed by atoms with Gasteiger partial charge in [-0.1, -0.05) is 23.5 Å². The van der Waals surface area contributed by atoms with Crippen molar-refractivity contribution in [2.45, 2.75) is 6.54 Å². The van der Waals surface area contributed by atoms with E-state index in [1.54, 1.807) is 41.0 Å². The molecule has 0 saturated carbocycles. The first kappa shape index (κ1) is 20.0. The zero-order valence-corrected chi connectivity index (χ0v) is 17.6. The number of rotatable bonds is 3. The normalized spacial score (nSPS) is 13.5. The van der Waals surface area contributed by atoms with Crippen molar-refractivity contribution in [1.29, 1.82) is 0 Å². The van der Waals surface area contributed by atoms with Crippen LogP contribution in [0.15, 0.2) is 56.7 Å². The molecule has 0 fully saturated rings. The van der Waals surface area contributed by atoms with Gasteiger partial charge in [0.15, 0.2) is 27.5 Å². The van der Waals surface area contributed by atoms with Crippen molar-refractivity contribution in [3.05, 3.63) is 63.2 Å². The average Bonchev–Trinajstić information content (AvgIpc) is 3.12. The Kier molecular flexibility index (Phi) is 4.98. The number of benzene rings is 2. The lowest BCUT2D eigenvalue weighted by Gasteiger charge is -2.18. The summed E-state index contributed by atoms with van der Waals surface area (Å²) in [4.78, 5) is 41.7. The van der Waals surface area contributed by atoms with E-state index < -0.39 is 11.9 Å². The Morgan fingerprint density at radius 3 is 2.66 bits per heavy atom. The molecular formula is C22H16N2O7S. The van der Waals surface area contributed by atoms with Crippen molar-refractivity contribution in [3.63, 3.8) is 0 Å². The van der Waals surface area contributed by atoms with E-state index in [4.69, 9.17) is 18.6 Å². The monoisotopic (exact) mass is 452 g/mol. The van der Waals surface area contributed by atoms with E-state index in [1.165, 1.54) is 18.4 Å². The van der Waals surface area contributed by atoms with Gasteiger partial charge >= 0.3 is 11.9 Å². The molecule has 1 amide bonds. The summed E-state index contributed by atoms with van der Waals surface area (Å²) in [5.41, 5.74) is 0.585. The first-order valence-corrected chi connectivity index (χ1v) is 10.5. The van der Waals surface area contributed by atoms with Gasteiger partial charge in [0, 0.05) is 18.2 Å². The summed E-state index contributed by atoms with van der Waals surface area (Å²) >= 11 is 1.19. The summed E-state index contributed by atoms with van der Waals surface area (Å²) in [6.07, 6.45) is 0. The summed E-state index contributed by atoms with van der Waals surface area (Å²) in [5, 5.41) is 0.372. The van der Waals surface area contributed by atoms with Crippen LogP contribution in [0.5, 0.6) is 11.5 Å². The standard InChI is InChI=1S/C22H16N2O7S/c1-28-20(26)11-24-13-8-16-17(30-7-6-29-16)10-19(13)32-22(24)23-21(27)18-9-14(25)12-4-2-3-5-15(12)31-18/h2-5,8-10H,6-7,11H2,1H3.